The van der Waals surface area contributed by atoms with Gasteiger partial charge in [-0.15, -0.1) is 0 Å². The Morgan fingerprint density at radius 3 is 2.05 bits per heavy atom. The van der Waals surface area contributed by atoms with Crippen molar-refractivity contribution >= 4 is 11.2 Å². The number of hydrogen-bond donors (Lipinski definition) is 3. The van der Waals surface area contributed by atoms with Gasteiger partial charge in [-0.3, -0.25) is 9.36 Å². The van der Waals surface area contributed by atoms with Gasteiger partial charge in [-0.25, -0.2) is 9.97 Å². The van der Waals surface area contributed by atoms with Crippen LogP contribution in [-0.2, 0) is 15.1 Å². The smallest absolute Gasteiger partial charge is 0.278 e. The molecule has 5 aromatic rings. The van der Waals surface area contributed by atoms with E-state index in [0.29, 0.717) is 11.5 Å². The number of nitrogens with one attached hydrogen (secondary N) is 1. The fraction of sp³-hybridized carbons (Fsp3) is 0.258. The number of ether oxygens (including phenoxy) is 4. The number of benzene rings is 3. The van der Waals surface area contributed by atoms with Crippen molar-refractivity contribution in [2.24, 2.45) is 0 Å². The fourth-order valence-electron chi connectivity index (χ4n) is 5.43. The number of hydrogen-bond acceptors (Lipinski definition) is 9. The number of H-pyrrole nitrogens is 1. The van der Waals surface area contributed by atoms with E-state index in [1.165, 1.54) is 17.2 Å². The molecule has 3 unspecified atom stereocenters. The summed E-state index contributed by atoms with van der Waals surface area (Å²) in [5.74, 6) is 1.38. The molecule has 0 amide bonds. The topological polar surface area (TPSA) is 141 Å². The predicted molar refractivity (Wildman–Crippen MR) is 152 cm³/mol. The maximum absolute atomic E-state index is 12.2. The van der Waals surface area contributed by atoms with Crippen LogP contribution in [0.1, 0.15) is 22.9 Å². The molecule has 42 heavy (non-hydrogen) atoms. The van der Waals surface area contributed by atoms with Gasteiger partial charge in [0.1, 0.15) is 35.4 Å². The minimum atomic E-state index is -1.33. The van der Waals surface area contributed by atoms with Crippen LogP contribution in [0.4, 0.5) is 0 Å². The normalized spacial score (nSPS) is 20.6. The third kappa shape index (κ3) is 4.72. The predicted octanol–water partition coefficient (Wildman–Crippen LogP) is 2.76. The Morgan fingerprint density at radius 1 is 0.857 bits per heavy atom. The molecule has 0 spiro atoms. The Labute approximate surface area is 240 Å². The van der Waals surface area contributed by atoms with Crippen LogP contribution in [-0.4, -0.2) is 68.9 Å². The molecule has 0 aliphatic carbocycles. The maximum Gasteiger partial charge on any atom is 0.278 e. The number of aromatic amines is 1. The van der Waals surface area contributed by atoms with E-state index in [2.05, 4.69) is 15.0 Å². The van der Waals surface area contributed by atoms with Crippen molar-refractivity contribution in [2.45, 2.75) is 30.1 Å². The summed E-state index contributed by atoms with van der Waals surface area (Å²) in [5, 5.41) is 22.1. The summed E-state index contributed by atoms with van der Waals surface area (Å²) in [5.41, 5.74) is 1.24. The van der Waals surface area contributed by atoms with Gasteiger partial charge in [0.15, 0.2) is 17.4 Å². The molecule has 3 heterocycles. The minimum absolute atomic E-state index is 0.0949. The van der Waals surface area contributed by atoms with E-state index in [1.54, 1.807) is 14.2 Å². The highest BCUT2D eigenvalue weighted by Crippen LogP contribution is 2.43. The molecule has 1 fully saturated rings. The van der Waals surface area contributed by atoms with Crippen molar-refractivity contribution in [3.05, 3.63) is 119 Å². The number of aromatic nitrogens is 4. The van der Waals surface area contributed by atoms with Crippen LogP contribution in [0.5, 0.6) is 11.5 Å². The number of fused-ring (bicyclic) bond motifs is 1. The lowest BCUT2D eigenvalue weighted by Crippen LogP contribution is -2.39. The van der Waals surface area contributed by atoms with Gasteiger partial charge in [0, 0.05) is 0 Å². The minimum Gasteiger partial charge on any atom is -0.497 e. The second-order valence-electron chi connectivity index (χ2n) is 9.92. The standard InChI is InChI=1S/C31H30N4O7/c1-39-22-12-8-20(9-13-22)31(19-6-4-3-5-7-19,21-10-14-23(40-2)15-11-21)41-16-24-26(36)27(37)30(42-24)35-18-34-25-28(35)32-17-33-29(25)38/h3-15,17-18,24,26-27,30,36-37H,16H2,1-2H3,(H,32,33,38)/t24?,26?,27-,30?/m0/s1. The quantitative estimate of drug-likeness (QED) is 0.228. The molecule has 0 radical (unpaired) electrons. The Bertz CT molecular complexity index is 1660. The van der Waals surface area contributed by atoms with Crippen molar-refractivity contribution in [1.82, 2.24) is 19.5 Å². The molecule has 11 heteroatoms. The average Bonchev–Trinajstić information content (AvgIpc) is 3.59. The van der Waals surface area contributed by atoms with Crippen LogP contribution in [0.2, 0.25) is 0 Å². The van der Waals surface area contributed by atoms with Crippen LogP contribution < -0.4 is 15.0 Å². The monoisotopic (exact) mass is 570 g/mol. The van der Waals surface area contributed by atoms with Gasteiger partial charge in [-0.1, -0.05) is 54.6 Å². The molecule has 11 nitrogen and oxygen atoms in total. The van der Waals surface area contributed by atoms with Gasteiger partial charge in [0.2, 0.25) is 0 Å². The largest absolute Gasteiger partial charge is 0.497 e. The van der Waals surface area contributed by atoms with Gasteiger partial charge in [0.25, 0.3) is 5.56 Å². The molecule has 1 saturated heterocycles. The maximum atomic E-state index is 12.2. The van der Waals surface area contributed by atoms with E-state index in [1.807, 2.05) is 78.9 Å². The Hall–Kier alpha value is -4.55. The lowest BCUT2D eigenvalue weighted by Gasteiger charge is -2.37. The zero-order valence-corrected chi connectivity index (χ0v) is 23.0. The second-order valence-corrected chi connectivity index (χ2v) is 9.92. The van der Waals surface area contributed by atoms with E-state index in [0.717, 1.165) is 16.7 Å². The summed E-state index contributed by atoms with van der Waals surface area (Å²) in [7, 11) is 3.21. The second kappa shape index (κ2) is 11.4. The van der Waals surface area contributed by atoms with Crippen molar-refractivity contribution in [2.75, 3.05) is 20.8 Å². The highest BCUT2D eigenvalue weighted by atomic mass is 16.6. The van der Waals surface area contributed by atoms with Crippen molar-refractivity contribution < 1.29 is 29.2 Å². The lowest BCUT2D eigenvalue weighted by molar-refractivity contribution is -0.0942. The van der Waals surface area contributed by atoms with Gasteiger partial charge >= 0.3 is 0 Å². The highest BCUT2D eigenvalue weighted by molar-refractivity contribution is 5.68. The summed E-state index contributed by atoms with van der Waals surface area (Å²) < 4.78 is 25.2. The highest BCUT2D eigenvalue weighted by Gasteiger charge is 2.47. The van der Waals surface area contributed by atoms with Gasteiger partial charge in [-0.05, 0) is 41.0 Å². The van der Waals surface area contributed by atoms with E-state index in [9.17, 15) is 15.0 Å². The molecule has 1 aliphatic rings. The van der Waals surface area contributed by atoms with E-state index in [-0.39, 0.29) is 17.8 Å². The molecule has 2 aromatic heterocycles. The van der Waals surface area contributed by atoms with Crippen LogP contribution >= 0.6 is 0 Å². The fourth-order valence-corrected chi connectivity index (χ4v) is 5.43. The van der Waals surface area contributed by atoms with E-state index in [4.69, 9.17) is 18.9 Å². The van der Waals surface area contributed by atoms with Crippen LogP contribution in [0.25, 0.3) is 11.2 Å². The van der Waals surface area contributed by atoms with Gasteiger partial charge in [0.05, 0.1) is 33.5 Å². The molecule has 4 atom stereocenters. The molecule has 0 bridgehead atoms. The summed E-state index contributed by atoms with van der Waals surface area (Å²) in [6, 6.07) is 24.9. The van der Waals surface area contributed by atoms with Gasteiger partial charge < -0.3 is 34.1 Å². The summed E-state index contributed by atoms with van der Waals surface area (Å²) >= 11 is 0. The number of aliphatic hydroxyl groups excluding tert-OH is 2. The van der Waals surface area contributed by atoms with Crippen molar-refractivity contribution in [3.63, 3.8) is 0 Å². The van der Waals surface area contributed by atoms with Crippen LogP contribution in [0.15, 0.2) is 96.3 Å². The molecule has 6 rings (SSSR count). The molecule has 3 N–H and O–H groups in total. The molecule has 0 saturated carbocycles. The van der Waals surface area contributed by atoms with Crippen molar-refractivity contribution in [1.29, 1.82) is 0 Å². The first-order valence-electron chi connectivity index (χ1n) is 13.4. The molecular formula is C31H30N4O7. The molecule has 216 valence electrons. The first-order chi connectivity index (χ1) is 20.5. The third-order valence-corrected chi connectivity index (χ3v) is 7.61. The summed E-state index contributed by atoms with van der Waals surface area (Å²) in [6.07, 6.45) is -1.98. The third-order valence-electron chi connectivity index (χ3n) is 7.61. The SMILES string of the molecule is COc1ccc(C(OCC2OC(n3cnc4c(=O)[nH]cnc43)[C@@H](O)C2O)(c2ccccc2)c2ccc(OC)cc2)cc1. The molecule has 1 aliphatic heterocycles. The Morgan fingerprint density at radius 2 is 1.45 bits per heavy atom. The lowest BCUT2D eigenvalue weighted by atomic mass is 9.80. The number of nitrogens with zero attached hydrogens (tertiary/aromatic N) is 3. The number of aliphatic hydroxyl groups is 2. The van der Waals surface area contributed by atoms with E-state index >= 15 is 0 Å². The number of imidazole rings is 1. The van der Waals surface area contributed by atoms with E-state index < -0.39 is 35.7 Å². The zero-order valence-electron chi connectivity index (χ0n) is 23.0. The summed E-state index contributed by atoms with van der Waals surface area (Å²) in [4.78, 5) is 22.9. The Balaban J connectivity index is 1.39. The first-order valence-corrected chi connectivity index (χ1v) is 13.4. The molecular weight excluding hydrogens is 540 g/mol. The Kier molecular flexibility index (Phi) is 7.48. The molecule has 3 aromatic carbocycles. The summed E-state index contributed by atoms with van der Waals surface area (Å²) in [6.45, 7) is -0.0949. The van der Waals surface area contributed by atoms with Crippen molar-refractivity contribution in [3.8, 4) is 11.5 Å². The zero-order chi connectivity index (χ0) is 29.3. The van der Waals surface area contributed by atoms with Gasteiger partial charge in [-0.2, -0.15) is 0 Å². The first kappa shape index (κ1) is 27.6. The number of rotatable bonds is 9. The van der Waals surface area contributed by atoms with Crippen LogP contribution in [0.3, 0.4) is 0 Å². The average molecular weight is 571 g/mol. The number of methoxy groups -OCH3 is 2. The van der Waals surface area contributed by atoms with Crippen LogP contribution in [0, 0.1) is 0 Å².